The molecule has 0 saturated carbocycles. The summed E-state index contributed by atoms with van der Waals surface area (Å²) < 4.78 is 17.7. The van der Waals surface area contributed by atoms with Crippen molar-refractivity contribution in [1.82, 2.24) is 29.4 Å². The van der Waals surface area contributed by atoms with Gasteiger partial charge in [0.05, 0.1) is 18.1 Å². The molecule has 0 amide bonds. The molecule has 0 aliphatic heterocycles. The molecule has 0 saturated heterocycles. The Morgan fingerprint density at radius 3 is 2.66 bits per heavy atom. The van der Waals surface area contributed by atoms with Gasteiger partial charge in [0.1, 0.15) is 11.5 Å². The zero-order valence-electron chi connectivity index (χ0n) is 17.5. The van der Waals surface area contributed by atoms with Crippen LogP contribution in [0.15, 0.2) is 67.1 Å². The Kier molecular flexibility index (Phi) is 4.82. The molecule has 0 aliphatic rings. The highest BCUT2D eigenvalue weighted by molar-refractivity contribution is 6.01. The van der Waals surface area contributed by atoms with E-state index in [1.54, 1.807) is 25.5 Å². The fourth-order valence-corrected chi connectivity index (χ4v) is 3.63. The van der Waals surface area contributed by atoms with Gasteiger partial charge in [-0.2, -0.15) is 5.10 Å². The lowest BCUT2D eigenvalue weighted by atomic mass is 10.0. The third-order valence-electron chi connectivity index (χ3n) is 5.28. The Balaban J connectivity index is 1.48. The van der Waals surface area contributed by atoms with Gasteiger partial charge in [0, 0.05) is 36.4 Å². The van der Waals surface area contributed by atoms with E-state index in [4.69, 9.17) is 0 Å². The number of aryl methyl sites for hydroxylation is 2. The molecule has 0 fully saturated rings. The Hall–Kier alpha value is -4.20. The predicted octanol–water partition coefficient (Wildman–Crippen LogP) is 4.06. The lowest BCUT2D eigenvalue weighted by molar-refractivity contribution is 0.0983. The van der Waals surface area contributed by atoms with Crippen molar-refractivity contribution >= 4 is 11.4 Å². The smallest absolute Gasteiger partial charge is 0.186 e. The van der Waals surface area contributed by atoms with Gasteiger partial charge in [-0.25, -0.2) is 13.9 Å². The number of hydrogen-bond acceptors (Lipinski definition) is 5. The number of carbonyl (C=O) groups excluding carboxylic acids is 1. The molecule has 7 nitrogen and oxygen atoms in total. The van der Waals surface area contributed by atoms with Crippen molar-refractivity contribution in [3.63, 3.8) is 0 Å². The minimum absolute atomic E-state index is 0.131. The Bertz CT molecular complexity index is 1440. The highest BCUT2D eigenvalue weighted by Crippen LogP contribution is 2.24. The topological polar surface area (TPSA) is 78.0 Å². The maximum Gasteiger partial charge on any atom is 0.186 e. The summed E-state index contributed by atoms with van der Waals surface area (Å²) >= 11 is 0. The van der Waals surface area contributed by atoms with Crippen molar-refractivity contribution in [1.29, 1.82) is 0 Å². The fraction of sp³-hybridized carbons (Fsp3) is 0.125. The third-order valence-corrected chi connectivity index (χ3v) is 5.28. The number of fused-ring (bicyclic) bond motifs is 1. The SMILES string of the molecule is Cc1ccc(-c2cnn(C)c2C(=O)Cc2cc3nc(-c4ccccc4)nn3cc2F)nc1. The molecule has 0 aliphatic carbocycles. The van der Waals surface area contributed by atoms with Crippen LogP contribution >= 0.6 is 0 Å². The molecule has 8 heteroatoms. The number of pyridine rings is 2. The number of halogens is 1. The van der Waals surface area contributed by atoms with Crippen molar-refractivity contribution in [2.45, 2.75) is 13.3 Å². The molecule has 4 aromatic heterocycles. The van der Waals surface area contributed by atoms with Crippen molar-refractivity contribution in [2.24, 2.45) is 7.05 Å². The van der Waals surface area contributed by atoms with E-state index in [-0.39, 0.29) is 17.8 Å². The summed E-state index contributed by atoms with van der Waals surface area (Å²) in [5.41, 5.74) is 4.22. The molecule has 0 spiro atoms. The second-order valence-corrected chi connectivity index (χ2v) is 7.60. The lowest BCUT2D eigenvalue weighted by Crippen LogP contribution is -2.12. The first kappa shape index (κ1) is 19.7. The van der Waals surface area contributed by atoms with Gasteiger partial charge in [0.15, 0.2) is 17.3 Å². The molecule has 0 N–H and O–H groups in total. The van der Waals surface area contributed by atoms with Crippen molar-refractivity contribution < 1.29 is 9.18 Å². The highest BCUT2D eigenvalue weighted by Gasteiger charge is 2.21. The number of carbonyl (C=O) groups is 1. The first-order valence-corrected chi connectivity index (χ1v) is 10.1. The van der Waals surface area contributed by atoms with E-state index in [9.17, 15) is 9.18 Å². The second kappa shape index (κ2) is 7.81. The average molecular weight is 426 g/mol. The fourth-order valence-electron chi connectivity index (χ4n) is 3.63. The average Bonchev–Trinajstić information content (AvgIpc) is 3.38. The van der Waals surface area contributed by atoms with Crippen molar-refractivity contribution in [2.75, 3.05) is 0 Å². The standard InChI is InChI=1S/C24H19FN6O/c1-15-8-9-20(26-12-15)18-13-27-30(2)23(18)21(32)10-17-11-22-28-24(16-6-4-3-5-7-16)29-31(22)14-19(17)25/h3-9,11-14H,10H2,1-2H3. The van der Waals surface area contributed by atoms with E-state index in [1.165, 1.54) is 15.4 Å². The Morgan fingerprint density at radius 2 is 1.91 bits per heavy atom. The number of hydrogen-bond donors (Lipinski definition) is 0. The molecule has 4 heterocycles. The van der Waals surface area contributed by atoms with Gasteiger partial charge < -0.3 is 0 Å². The molecule has 0 radical (unpaired) electrons. The van der Waals surface area contributed by atoms with Gasteiger partial charge in [-0.3, -0.25) is 14.5 Å². The molecule has 5 rings (SSSR count). The Morgan fingerprint density at radius 1 is 1.09 bits per heavy atom. The predicted molar refractivity (Wildman–Crippen MR) is 118 cm³/mol. The van der Waals surface area contributed by atoms with Crippen LogP contribution in [0.3, 0.4) is 0 Å². The minimum Gasteiger partial charge on any atom is -0.292 e. The number of nitrogens with zero attached hydrogens (tertiary/aromatic N) is 6. The normalized spacial score (nSPS) is 11.2. The summed E-state index contributed by atoms with van der Waals surface area (Å²) in [4.78, 5) is 22.1. The number of aromatic nitrogens is 6. The minimum atomic E-state index is -0.521. The first-order chi connectivity index (χ1) is 15.5. The molecule has 0 unspecified atom stereocenters. The van der Waals surface area contributed by atoms with Crippen LogP contribution in [0.1, 0.15) is 21.6 Å². The second-order valence-electron chi connectivity index (χ2n) is 7.60. The van der Waals surface area contributed by atoms with Gasteiger partial charge in [-0.05, 0) is 24.6 Å². The van der Waals surface area contributed by atoms with Gasteiger partial charge in [-0.1, -0.05) is 36.4 Å². The third kappa shape index (κ3) is 3.56. The van der Waals surface area contributed by atoms with Gasteiger partial charge >= 0.3 is 0 Å². The van der Waals surface area contributed by atoms with Crippen molar-refractivity contribution in [3.8, 4) is 22.6 Å². The molecule has 32 heavy (non-hydrogen) atoms. The summed E-state index contributed by atoms with van der Waals surface area (Å²) in [5.74, 6) is -0.284. The quantitative estimate of drug-likeness (QED) is 0.396. The van der Waals surface area contributed by atoms with E-state index < -0.39 is 5.82 Å². The van der Waals surface area contributed by atoms with E-state index >= 15 is 0 Å². The maximum atomic E-state index is 14.8. The lowest BCUT2D eigenvalue weighted by Gasteiger charge is -2.07. The van der Waals surface area contributed by atoms with E-state index in [0.717, 1.165) is 11.1 Å². The zero-order valence-corrected chi connectivity index (χ0v) is 17.5. The number of rotatable bonds is 5. The Labute approximate surface area is 183 Å². The van der Waals surface area contributed by atoms with Gasteiger partial charge in [-0.15, -0.1) is 5.10 Å². The molecule has 0 atom stereocenters. The molecule has 5 aromatic rings. The van der Waals surface area contributed by atoms with E-state index in [1.807, 2.05) is 49.4 Å². The number of Topliss-reactive ketones (excluding diaryl/α,β-unsaturated/α-hetero) is 1. The summed E-state index contributed by atoms with van der Waals surface area (Å²) in [6.45, 7) is 1.94. The van der Waals surface area contributed by atoms with Crippen molar-refractivity contribution in [3.05, 3.63) is 89.8 Å². The summed E-state index contributed by atoms with van der Waals surface area (Å²) in [7, 11) is 1.69. The van der Waals surface area contributed by atoms with E-state index in [2.05, 4.69) is 20.2 Å². The van der Waals surface area contributed by atoms with Crippen LogP contribution in [0.2, 0.25) is 0 Å². The largest absolute Gasteiger partial charge is 0.292 e. The molecule has 0 bridgehead atoms. The van der Waals surface area contributed by atoms with Gasteiger partial charge in [0.25, 0.3) is 0 Å². The van der Waals surface area contributed by atoms with Crippen LogP contribution in [-0.4, -0.2) is 35.1 Å². The zero-order chi connectivity index (χ0) is 22.2. The molecular weight excluding hydrogens is 407 g/mol. The highest BCUT2D eigenvalue weighted by atomic mass is 19.1. The van der Waals surface area contributed by atoms with Gasteiger partial charge in [0.2, 0.25) is 0 Å². The summed E-state index contributed by atoms with van der Waals surface area (Å²) in [6.07, 6.45) is 4.46. The number of ketones is 1. The monoisotopic (exact) mass is 426 g/mol. The van der Waals surface area contributed by atoms with Crippen LogP contribution in [0.4, 0.5) is 4.39 Å². The summed E-state index contributed by atoms with van der Waals surface area (Å²) in [5, 5.41) is 8.57. The number of benzene rings is 1. The first-order valence-electron chi connectivity index (χ1n) is 10.1. The van der Waals surface area contributed by atoms with E-state index in [0.29, 0.717) is 28.4 Å². The van der Waals surface area contributed by atoms with Crippen LogP contribution in [0.5, 0.6) is 0 Å². The molecule has 1 aromatic carbocycles. The maximum absolute atomic E-state index is 14.8. The molecule has 158 valence electrons. The molecular formula is C24H19FN6O. The summed E-state index contributed by atoms with van der Waals surface area (Å²) in [6, 6.07) is 14.8. The van der Waals surface area contributed by atoms with Crippen LogP contribution in [0, 0.1) is 12.7 Å². The van der Waals surface area contributed by atoms with Crippen LogP contribution in [-0.2, 0) is 13.5 Å². The van der Waals surface area contributed by atoms with Crippen LogP contribution in [0.25, 0.3) is 28.3 Å². The van der Waals surface area contributed by atoms with Crippen LogP contribution < -0.4 is 0 Å².